The van der Waals surface area contributed by atoms with Crippen LogP contribution in [0, 0.1) is 0 Å². The summed E-state index contributed by atoms with van der Waals surface area (Å²) in [6.07, 6.45) is 0.700. The summed E-state index contributed by atoms with van der Waals surface area (Å²) in [5.41, 5.74) is 1.74. The van der Waals surface area contributed by atoms with Gasteiger partial charge in [-0.15, -0.1) is 0 Å². The second-order valence-corrected chi connectivity index (χ2v) is 3.62. The molecule has 1 aromatic rings. The summed E-state index contributed by atoms with van der Waals surface area (Å²) in [4.78, 5) is 23.2. The molecule has 2 rings (SSSR count). The molecular weight excluding hydrogens is 194 g/mol. The molecule has 0 saturated carbocycles. The number of nitrogens with zero attached hydrogens (tertiary/aromatic N) is 1. The first-order chi connectivity index (χ1) is 7.22. The fraction of sp³-hybridized carbons (Fsp3) is 0.273. The number of benzene rings is 1. The molecule has 0 aromatic heterocycles. The Labute approximate surface area is 87.1 Å². The van der Waals surface area contributed by atoms with Crippen LogP contribution >= 0.6 is 0 Å². The standard InChI is InChI=1S/C11H11NO3/c13-7-12-5-8-3-1-2-4-9(8)10(6-12)11(14)15/h1-4,7,10H,5-6H2,(H,14,15). The van der Waals surface area contributed by atoms with E-state index < -0.39 is 11.9 Å². The quantitative estimate of drug-likeness (QED) is 0.727. The summed E-state index contributed by atoms with van der Waals surface area (Å²) in [5.74, 6) is -1.48. The Kier molecular flexibility index (Phi) is 2.41. The summed E-state index contributed by atoms with van der Waals surface area (Å²) >= 11 is 0. The van der Waals surface area contributed by atoms with E-state index in [0.717, 1.165) is 11.1 Å². The molecule has 1 unspecified atom stereocenters. The number of carbonyl (C=O) groups excluding carboxylic acids is 1. The molecule has 15 heavy (non-hydrogen) atoms. The maximum atomic E-state index is 11.0. The minimum Gasteiger partial charge on any atom is -0.481 e. The highest BCUT2D eigenvalue weighted by atomic mass is 16.4. The van der Waals surface area contributed by atoms with E-state index in [0.29, 0.717) is 13.0 Å². The van der Waals surface area contributed by atoms with Gasteiger partial charge in [-0.1, -0.05) is 24.3 Å². The van der Waals surface area contributed by atoms with E-state index in [2.05, 4.69) is 0 Å². The molecule has 1 heterocycles. The molecule has 1 amide bonds. The molecule has 0 saturated heterocycles. The molecule has 1 aliphatic rings. The van der Waals surface area contributed by atoms with E-state index in [1.807, 2.05) is 24.3 Å². The van der Waals surface area contributed by atoms with Crippen molar-refractivity contribution in [3.8, 4) is 0 Å². The van der Waals surface area contributed by atoms with Crippen molar-refractivity contribution in [3.05, 3.63) is 35.4 Å². The maximum absolute atomic E-state index is 11.0. The normalized spacial score (nSPS) is 19.5. The topological polar surface area (TPSA) is 57.6 Å². The van der Waals surface area contributed by atoms with E-state index in [4.69, 9.17) is 5.11 Å². The molecule has 1 N–H and O–H groups in total. The molecular formula is C11H11NO3. The lowest BCUT2D eigenvalue weighted by atomic mass is 9.90. The summed E-state index contributed by atoms with van der Waals surface area (Å²) in [6.45, 7) is 0.763. The van der Waals surface area contributed by atoms with Crippen molar-refractivity contribution in [3.63, 3.8) is 0 Å². The van der Waals surface area contributed by atoms with Crippen molar-refractivity contribution in [1.82, 2.24) is 4.90 Å². The molecule has 1 aliphatic heterocycles. The van der Waals surface area contributed by atoms with Crippen molar-refractivity contribution >= 4 is 12.4 Å². The predicted molar refractivity (Wildman–Crippen MR) is 53.3 cm³/mol. The summed E-state index contributed by atoms with van der Waals surface area (Å²) in [5, 5.41) is 9.06. The fourth-order valence-corrected chi connectivity index (χ4v) is 1.93. The number of fused-ring (bicyclic) bond motifs is 1. The van der Waals surface area contributed by atoms with Gasteiger partial charge in [0.1, 0.15) is 0 Å². The minimum absolute atomic E-state index is 0.260. The third-order valence-corrected chi connectivity index (χ3v) is 2.67. The molecule has 4 nitrogen and oxygen atoms in total. The van der Waals surface area contributed by atoms with Crippen molar-refractivity contribution in [2.45, 2.75) is 12.5 Å². The van der Waals surface area contributed by atoms with Crippen LogP contribution in [0.5, 0.6) is 0 Å². The number of carboxylic acid groups (broad SMARTS) is 1. The monoisotopic (exact) mass is 205 g/mol. The van der Waals surface area contributed by atoms with Crippen LogP contribution in [0.2, 0.25) is 0 Å². The van der Waals surface area contributed by atoms with Gasteiger partial charge in [-0.2, -0.15) is 0 Å². The highest BCUT2D eigenvalue weighted by molar-refractivity contribution is 5.78. The molecule has 1 aromatic carbocycles. The first kappa shape index (κ1) is 9.71. The molecule has 1 atom stereocenters. The maximum Gasteiger partial charge on any atom is 0.312 e. The van der Waals surface area contributed by atoms with E-state index in [9.17, 15) is 9.59 Å². The highest BCUT2D eigenvalue weighted by Gasteiger charge is 2.29. The van der Waals surface area contributed by atoms with Gasteiger partial charge in [0.15, 0.2) is 0 Å². The van der Waals surface area contributed by atoms with Crippen molar-refractivity contribution in [2.75, 3.05) is 6.54 Å². The van der Waals surface area contributed by atoms with Gasteiger partial charge in [0.2, 0.25) is 6.41 Å². The van der Waals surface area contributed by atoms with E-state index in [1.54, 1.807) is 0 Å². The average molecular weight is 205 g/mol. The molecule has 0 bridgehead atoms. The minimum atomic E-state index is -0.881. The summed E-state index contributed by atoms with van der Waals surface area (Å²) in [7, 11) is 0. The van der Waals surface area contributed by atoms with Crippen LogP contribution in [-0.2, 0) is 16.1 Å². The van der Waals surface area contributed by atoms with E-state index in [-0.39, 0.29) is 6.54 Å². The van der Waals surface area contributed by atoms with Crippen LogP contribution in [-0.4, -0.2) is 28.9 Å². The first-order valence-corrected chi connectivity index (χ1v) is 4.72. The Hall–Kier alpha value is -1.84. The third kappa shape index (κ3) is 1.70. The molecule has 78 valence electrons. The molecule has 4 heteroatoms. The average Bonchev–Trinajstić information content (AvgIpc) is 2.27. The summed E-state index contributed by atoms with van der Waals surface area (Å²) in [6, 6.07) is 7.36. The Morgan fingerprint density at radius 3 is 2.87 bits per heavy atom. The molecule has 0 aliphatic carbocycles. The number of hydrogen-bond donors (Lipinski definition) is 1. The van der Waals surface area contributed by atoms with Crippen LogP contribution < -0.4 is 0 Å². The van der Waals surface area contributed by atoms with Crippen LogP contribution in [0.1, 0.15) is 17.0 Å². The smallest absolute Gasteiger partial charge is 0.312 e. The Bertz CT molecular complexity index is 403. The van der Waals surface area contributed by atoms with Gasteiger partial charge < -0.3 is 10.0 Å². The second-order valence-electron chi connectivity index (χ2n) is 3.62. The number of carbonyl (C=O) groups is 2. The molecule has 0 radical (unpaired) electrons. The highest BCUT2D eigenvalue weighted by Crippen LogP contribution is 2.27. The summed E-state index contributed by atoms with van der Waals surface area (Å²) < 4.78 is 0. The van der Waals surface area contributed by atoms with E-state index >= 15 is 0 Å². The Balaban J connectivity index is 2.42. The zero-order valence-electron chi connectivity index (χ0n) is 8.09. The zero-order chi connectivity index (χ0) is 10.8. The van der Waals surface area contributed by atoms with Gasteiger partial charge in [0.25, 0.3) is 0 Å². The van der Waals surface area contributed by atoms with Crippen molar-refractivity contribution in [2.24, 2.45) is 0 Å². The number of rotatable bonds is 2. The van der Waals surface area contributed by atoms with Crippen LogP contribution in [0.15, 0.2) is 24.3 Å². The van der Waals surface area contributed by atoms with Gasteiger partial charge in [-0.25, -0.2) is 0 Å². The molecule has 0 fully saturated rings. The lowest BCUT2D eigenvalue weighted by Crippen LogP contribution is -2.35. The number of carboxylic acids is 1. The van der Waals surface area contributed by atoms with Crippen molar-refractivity contribution < 1.29 is 14.7 Å². The lowest BCUT2D eigenvalue weighted by Gasteiger charge is -2.29. The van der Waals surface area contributed by atoms with Gasteiger partial charge in [-0.3, -0.25) is 9.59 Å². The molecule has 0 spiro atoms. The first-order valence-electron chi connectivity index (χ1n) is 4.72. The van der Waals surface area contributed by atoms with Crippen LogP contribution in [0.4, 0.5) is 0 Å². The van der Waals surface area contributed by atoms with Gasteiger partial charge in [0.05, 0.1) is 5.92 Å². The Morgan fingerprint density at radius 2 is 2.20 bits per heavy atom. The second kappa shape index (κ2) is 3.73. The SMILES string of the molecule is O=CN1Cc2ccccc2C(C(=O)O)C1. The predicted octanol–water partition coefficient (Wildman–Crippen LogP) is 0.827. The Morgan fingerprint density at radius 1 is 1.47 bits per heavy atom. The largest absolute Gasteiger partial charge is 0.481 e. The van der Waals surface area contributed by atoms with Gasteiger partial charge >= 0.3 is 5.97 Å². The van der Waals surface area contributed by atoms with Gasteiger partial charge in [0, 0.05) is 13.1 Å². The number of aliphatic carboxylic acids is 1. The third-order valence-electron chi connectivity index (χ3n) is 2.67. The number of amides is 1. The fourth-order valence-electron chi connectivity index (χ4n) is 1.93. The number of hydrogen-bond acceptors (Lipinski definition) is 2. The van der Waals surface area contributed by atoms with Crippen LogP contribution in [0.25, 0.3) is 0 Å². The van der Waals surface area contributed by atoms with E-state index in [1.165, 1.54) is 4.90 Å². The van der Waals surface area contributed by atoms with Crippen LogP contribution in [0.3, 0.4) is 0 Å². The van der Waals surface area contributed by atoms with Crippen molar-refractivity contribution in [1.29, 1.82) is 0 Å². The zero-order valence-corrected chi connectivity index (χ0v) is 8.09. The van der Waals surface area contributed by atoms with Gasteiger partial charge in [-0.05, 0) is 11.1 Å². The lowest BCUT2D eigenvalue weighted by molar-refractivity contribution is -0.140.